The first-order valence-electron chi connectivity index (χ1n) is 10.4. The van der Waals surface area contributed by atoms with E-state index in [0.29, 0.717) is 30.2 Å². The van der Waals surface area contributed by atoms with Gasteiger partial charge in [0.1, 0.15) is 17.4 Å². The Morgan fingerprint density at radius 3 is 2.87 bits per heavy atom. The molecular weight excluding hydrogens is 412 g/mol. The summed E-state index contributed by atoms with van der Waals surface area (Å²) >= 11 is 1.55. The van der Waals surface area contributed by atoms with E-state index in [1.165, 1.54) is 0 Å². The summed E-state index contributed by atoms with van der Waals surface area (Å²) in [6.45, 7) is 7.21. The van der Waals surface area contributed by atoms with Crippen LogP contribution in [0.15, 0.2) is 47.8 Å². The molecule has 1 aliphatic rings. The predicted octanol–water partition coefficient (Wildman–Crippen LogP) is 5.20. The van der Waals surface area contributed by atoms with Crippen LogP contribution in [-0.2, 0) is 13.2 Å². The largest absolute Gasteiger partial charge is 0.486 e. The molecule has 7 heteroatoms. The first-order chi connectivity index (χ1) is 15.0. The molecule has 0 spiro atoms. The van der Waals surface area contributed by atoms with Gasteiger partial charge in [-0.2, -0.15) is 0 Å². The molecule has 0 bridgehead atoms. The number of fused-ring (bicyclic) bond motifs is 1. The Hall–Kier alpha value is -3.06. The van der Waals surface area contributed by atoms with Gasteiger partial charge in [0.25, 0.3) is 5.91 Å². The summed E-state index contributed by atoms with van der Waals surface area (Å²) in [5, 5.41) is 2.88. The molecule has 0 N–H and O–H groups in total. The minimum absolute atomic E-state index is 0.0433. The molecule has 6 nitrogen and oxygen atoms in total. The van der Waals surface area contributed by atoms with Crippen LogP contribution >= 0.6 is 11.3 Å². The third-order valence-electron chi connectivity index (χ3n) is 5.29. The van der Waals surface area contributed by atoms with E-state index in [1.807, 2.05) is 41.5 Å². The van der Waals surface area contributed by atoms with E-state index in [9.17, 15) is 4.79 Å². The first kappa shape index (κ1) is 21.2. The fourth-order valence-corrected chi connectivity index (χ4v) is 4.05. The van der Waals surface area contributed by atoms with Crippen LogP contribution in [0.2, 0.25) is 0 Å². The fourth-order valence-electron chi connectivity index (χ4n) is 3.36. The molecule has 1 atom stereocenters. The topological polar surface area (TPSA) is 60.9 Å². The Bertz CT molecular complexity index is 1070. The summed E-state index contributed by atoms with van der Waals surface area (Å²) < 4.78 is 16.6. The van der Waals surface area contributed by atoms with Crippen molar-refractivity contribution in [2.75, 3.05) is 6.79 Å². The molecule has 2 heterocycles. The second kappa shape index (κ2) is 9.39. The van der Waals surface area contributed by atoms with Gasteiger partial charge < -0.3 is 19.1 Å². The number of thiazole rings is 1. The van der Waals surface area contributed by atoms with E-state index < -0.39 is 0 Å². The van der Waals surface area contributed by atoms with Crippen LogP contribution in [0.25, 0.3) is 0 Å². The summed E-state index contributed by atoms with van der Waals surface area (Å²) in [6, 6.07) is 13.4. The number of carbonyl (C=O) groups is 1. The molecule has 3 aromatic rings. The van der Waals surface area contributed by atoms with Crippen LogP contribution in [-0.4, -0.2) is 28.6 Å². The van der Waals surface area contributed by atoms with Crippen LogP contribution in [0.5, 0.6) is 17.2 Å². The average molecular weight is 439 g/mol. The highest BCUT2D eigenvalue weighted by Gasteiger charge is 2.24. The number of ether oxygens (including phenoxy) is 3. The fraction of sp³-hybridized carbons (Fsp3) is 0.333. The molecule has 1 aromatic heterocycles. The minimum atomic E-state index is -0.0433. The predicted molar refractivity (Wildman–Crippen MR) is 120 cm³/mol. The maximum Gasteiger partial charge on any atom is 0.254 e. The number of aromatic nitrogens is 1. The van der Waals surface area contributed by atoms with Crippen molar-refractivity contribution in [2.24, 2.45) is 0 Å². The van der Waals surface area contributed by atoms with Crippen molar-refractivity contribution in [1.82, 2.24) is 9.88 Å². The van der Waals surface area contributed by atoms with Crippen molar-refractivity contribution in [2.45, 2.75) is 46.4 Å². The number of aryl methyl sites for hydroxylation is 1. The molecule has 0 saturated heterocycles. The third-order valence-corrected chi connectivity index (χ3v) is 6.16. The molecule has 4 rings (SSSR count). The van der Waals surface area contributed by atoms with Crippen molar-refractivity contribution in [3.05, 3.63) is 69.7 Å². The van der Waals surface area contributed by atoms with E-state index in [1.54, 1.807) is 29.5 Å². The van der Waals surface area contributed by atoms with E-state index >= 15 is 0 Å². The summed E-state index contributed by atoms with van der Waals surface area (Å²) in [5.74, 6) is 2.07. The van der Waals surface area contributed by atoms with Gasteiger partial charge in [0, 0.05) is 17.0 Å². The molecule has 0 saturated carbocycles. The number of nitrogens with zero attached hydrogens (tertiary/aromatic N) is 2. The van der Waals surface area contributed by atoms with E-state index in [4.69, 9.17) is 19.2 Å². The summed E-state index contributed by atoms with van der Waals surface area (Å²) in [7, 11) is 0. The second-order valence-corrected chi connectivity index (χ2v) is 8.54. The van der Waals surface area contributed by atoms with Crippen LogP contribution in [0, 0.1) is 6.92 Å². The van der Waals surface area contributed by atoms with Crippen LogP contribution in [0.3, 0.4) is 0 Å². The van der Waals surface area contributed by atoms with Gasteiger partial charge in [-0.15, -0.1) is 11.3 Å². The normalized spacial score (nSPS) is 13.1. The van der Waals surface area contributed by atoms with Crippen molar-refractivity contribution < 1.29 is 19.0 Å². The quantitative estimate of drug-likeness (QED) is 0.484. The third kappa shape index (κ3) is 4.99. The number of benzene rings is 2. The Labute approximate surface area is 186 Å². The highest BCUT2D eigenvalue weighted by atomic mass is 32.1. The SMILES string of the molecule is CC[C@H](C)N(Cc1csc(COc2cccc(C)c2)n1)C(=O)c1ccc2c(c1)OCO2. The van der Waals surface area contributed by atoms with Gasteiger partial charge in [0.05, 0.1) is 12.2 Å². The van der Waals surface area contributed by atoms with Crippen molar-refractivity contribution in [3.63, 3.8) is 0 Å². The van der Waals surface area contributed by atoms with E-state index in [0.717, 1.165) is 28.4 Å². The van der Waals surface area contributed by atoms with Crippen LogP contribution in [0.4, 0.5) is 0 Å². The van der Waals surface area contributed by atoms with E-state index in [2.05, 4.69) is 13.8 Å². The van der Waals surface area contributed by atoms with Gasteiger partial charge in [0.2, 0.25) is 6.79 Å². The first-order valence-corrected chi connectivity index (χ1v) is 11.2. The zero-order valence-corrected chi connectivity index (χ0v) is 18.8. The summed E-state index contributed by atoms with van der Waals surface area (Å²) in [6.07, 6.45) is 0.851. The smallest absolute Gasteiger partial charge is 0.254 e. The highest BCUT2D eigenvalue weighted by Crippen LogP contribution is 2.33. The lowest BCUT2D eigenvalue weighted by atomic mass is 10.1. The average Bonchev–Trinajstić information content (AvgIpc) is 3.43. The highest BCUT2D eigenvalue weighted by molar-refractivity contribution is 7.09. The van der Waals surface area contributed by atoms with Crippen LogP contribution in [0.1, 0.15) is 46.9 Å². The molecule has 0 aliphatic carbocycles. The molecule has 1 amide bonds. The lowest BCUT2D eigenvalue weighted by Crippen LogP contribution is -2.37. The monoisotopic (exact) mass is 438 g/mol. The van der Waals surface area contributed by atoms with Gasteiger partial charge in [0.15, 0.2) is 11.5 Å². The van der Waals surface area contributed by atoms with Crippen LogP contribution < -0.4 is 14.2 Å². The van der Waals surface area contributed by atoms with Gasteiger partial charge in [-0.3, -0.25) is 4.79 Å². The number of rotatable bonds is 8. The second-order valence-electron chi connectivity index (χ2n) is 7.60. The zero-order chi connectivity index (χ0) is 21.8. The Kier molecular flexibility index (Phi) is 6.42. The Morgan fingerprint density at radius 2 is 2.06 bits per heavy atom. The molecule has 0 unspecified atom stereocenters. The van der Waals surface area contributed by atoms with Gasteiger partial charge in [-0.05, 0) is 56.2 Å². The molecule has 1 aliphatic heterocycles. The molecule has 31 heavy (non-hydrogen) atoms. The standard InChI is InChI=1S/C24H26N2O4S/c1-4-17(3)26(24(27)18-8-9-21-22(11-18)30-15-29-21)12-19-14-31-23(25-19)13-28-20-7-5-6-16(2)10-20/h5-11,14,17H,4,12-13,15H2,1-3H3/t17-/m0/s1. The van der Waals surface area contributed by atoms with Gasteiger partial charge in [-0.25, -0.2) is 4.98 Å². The maximum atomic E-state index is 13.3. The lowest BCUT2D eigenvalue weighted by molar-refractivity contribution is 0.0668. The van der Waals surface area contributed by atoms with Gasteiger partial charge in [-0.1, -0.05) is 19.1 Å². The Morgan fingerprint density at radius 1 is 1.23 bits per heavy atom. The van der Waals surface area contributed by atoms with Gasteiger partial charge >= 0.3 is 0 Å². The summed E-state index contributed by atoms with van der Waals surface area (Å²) in [5.41, 5.74) is 2.61. The Balaban J connectivity index is 1.45. The number of hydrogen-bond donors (Lipinski definition) is 0. The zero-order valence-electron chi connectivity index (χ0n) is 18.0. The number of hydrogen-bond acceptors (Lipinski definition) is 6. The molecule has 0 radical (unpaired) electrons. The number of carbonyl (C=O) groups excluding carboxylic acids is 1. The molecule has 2 aromatic carbocycles. The minimum Gasteiger partial charge on any atom is -0.486 e. The lowest BCUT2D eigenvalue weighted by Gasteiger charge is -2.28. The van der Waals surface area contributed by atoms with E-state index in [-0.39, 0.29) is 18.7 Å². The summed E-state index contributed by atoms with van der Waals surface area (Å²) in [4.78, 5) is 19.8. The van der Waals surface area contributed by atoms with Crippen molar-refractivity contribution in [1.29, 1.82) is 0 Å². The molecule has 0 fully saturated rings. The van der Waals surface area contributed by atoms with Crippen molar-refractivity contribution >= 4 is 17.2 Å². The molecule has 162 valence electrons. The maximum absolute atomic E-state index is 13.3. The van der Waals surface area contributed by atoms with Crippen molar-refractivity contribution in [3.8, 4) is 17.2 Å². The molecular formula is C24H26N2O4S. The number of amides is 1.